The number of amides is 2. The van der Waals surface area contributed by atoms with Crippen molar-refractivity contribution in [2.45, 2.75) is 79.1 Å². The normalized spacial score (nSPS) is 13.0. The molecule has 0 aromatic carbocycles. The van der Waals surface area contributed by atoms with Crippen LogP contribution in [0, 0.1) is 5.92 Å². The number of methoxy groups -OCH3 is 2. The van der Waals surface area contributed by atoms with Gasteiger partial charge in [0.25, 0.3) is 0 Å². The first-order valence-corrected chi connectivity index (χ1v) is 12.3. The lowest BCUT2D eigenvalue weighted by atomic mass is 9.96. The third-order valence-electron chi connectivity index (χ3n) is 5.63. The van der Waals surface area contributed by atoms with Crippen molar-refractivity contribution in [3.05, 3.63) is 35.5 Å². The molecule has 0 rings (SSSR count). The van der Waals surface area contributed by atoms with Crippen molar-refractivity contribution in [1.82, 2.24) is 10.4 Å². The van der Waals surface area contributed by atoms with Gasteiger partial charge in [0.2, 0.25) is 11.8 Å². The van der Waals surface area contributed by atoms with Gasteiger partial charge < -0.3 is 19.5 Å². The molecular weight excluding hydrogens is 436 g/mol. The van der Waals surface area contributed by atoms with Crippen LogP contribution in [0.25, 0.3) is 0 Å². The van der Waals surface area contributed by atoms with Crippen molar-refractivity contribution in [2.24, 2.45) is 5.92 Å². The number of ether oxygens (including phenoxy) is 3. The van der Waals surface area contributed by atoms with Crippen LogP contribution in [0.2, 0.25) is 0 Å². The Morgan fingerprint density at radius 1 is 1.12 bits per heavy atom. The van der Waals surface area contributed by atoms with Gasteiger partial charge in [0, 0.05) is 25.5 Å². The van der Waals surface area contributed by atoms with E-state index in [-0.39, 0.29) is 24.6 Å². The Morgan fingerprint density at radius 3 is 2.38 bits per heavy atom. The molecule has 2 amide bonds. The van der Waals surface area contributed by atoms with Crippen LogP contribution in [-0.2, 0) is 23.8 Å². The van der Waals surface area contributed by atoms with Gasteiger partial charge in [-0.05, 0) is 25.7 Å². The van der Waals surface area contributed by atoms with E-state index < -0.39 is 5.91 Å². The van der Waals surface area contributed by atoms with Crippen molar-refractivity contribution >= 4 is 11.8 Å². The third kappa shape index (κ3) is 13.3. The Morgan fingerprint density at radius 2 is 1.82 bits per heavy atom. The first-order chi connectivity index (χ1) is 16.2. The van der Waals surface area contributed by atoms with Gasteiger partial charge in [-0.15, -0.1) is 0 Å². The number of hydrogen-bond donors (Lipinski definition) is 2. The molecule has 0 aliphatic heterocycles. The Labute approximate surface area is 206 Å². The molecule has 1 atom stereocenters. The van der Waals surface area contributed by atoms with E-state index in [2.05, 4.69) is 25.7 Å². The van der Waals surface area contributed by atoms with E-state index in [4.69, 9.17) is 14.2 Å². The Balaban J connectivity index is 4.73. The van der Waals surface area contributed by atoms with Crippen molar-refractivity contribution in [1.29, 1.82) is 0 Å². The Hall–Kier alpha value is -2.48. The number of carbonyl (C=O) groups is 2. The molecule has 0 aromatic rings. The molecule has 0 bridgehead atoms. The second kappa shape index (κ2) is 18.9. The molecule has 0 saturated carbocycles. The van der Waals surface area contributed by atoms with Gasteiger partial charge in [-0.1, -0.05) is 53.0 Å². The van der Waals surface area contributed by atoms with Crippen LogP contribution >= 0.6 is 0 Å². The summed E-state index contributed by atoms with van der Waals surface area (Å²) in [7, 11) is 2.92. The molecule has 0 heterocycles. The molecule has 0 aliphatic rings. The second-order valence-corrected chi connectivity index (χ2v) is 8.24. The van der Waals surface area contributed by atoms with E-state index >= 15 is 0 Å². The number of unbranched alkanes of at least 4 members (excludes halogenated alkanes) is 1. The van der Waals surface area contributed by atoms with Crippen LogP contribution in [0.5, 0.6) is 0 Å². The molecule has 0 aliphatic carbocycles. The lowest BCUT2D eigenvalue weighted by Gasteiger charge is -2.19. The van der Waals surface area contributed by atoms with Crippen LogP contribution in [0.4, 0.5) is 0 Å². The summed E-state index contributed by atoms with van der Waals surface area (Å²) in [5.74, 6) is 1.47. The topological polar surface area (TPSA) is 97.3 Å². The summed E-state index contributed by atoms with van der Waals surface area (Å²) < 4.78 is 16.3. The average Bonchev–Trinajstić information content (AvgIpc) is 2.84. The third-order valence-corrected chi connectivity index (χ3v) is 5.63. The molecule has 0 aromatic heterocycles. The summed E-state index contributed by atoms with van der Waals surface area (Å²) in [4.78, 5) is 23.8. The van der Waals surface area contributed by atoms with Crippen molar-refractivity contribution < 1.29 is 29.0 Å². The highest BCUT2D eigenvalue weighted by molar-refractivity contribution is 5.75. The molecule has 0 unspecified atom stereocenters. The van der Waals surface area contributed by atoms with E-state index in [0.29, 0.717) is 47.5 Å². The van der Waals surface area contributed by atoms with Gasteiger partial charge in [0.15, 0.2) is 0 Å². The fraction of sp³-hybridized carbons (Fsp3) is 0.692. The summed E-state index contributed by atoms with van der Waals surface area (Å²) >= 11 is 0. The van der Waals surface area contributed by atoms with E-state index in [1.165, 1.54) is 33.5 Å². The fourth-order valence-corrected chi connectivity index (χ4v) is 3.36. The zero-order valence-electron chi connectivity index (χ0n) is 22.1. The molecule has 2 N–H and O–H groups in total. The van der Waals surface area contributed by atoms with Gasteiger partial charge >= 0.3 is 0 Å². The Kier molecular flexibility index (Phi) is 17.5. The zero-order chi connectivity index (χ0) is 25.9. The van der Waals surface area contributed by atoms with Gasteiger partial charge in [-0.25, -0.2) is 5.06 Å². The summed E-state index contributed by atoms with van der Waals surface area (Å²) in [5.41, 5.74) is 0.418. The summed E-state index contributed by atoms with van der Waals surface area (Å²) in [6.45, 7) is 12.6. The molecule has 196 valence electrons. The lowest BCUT2D eigenvalue weighted by Crippen LogP contribution is -2.29. The highest BCUT2D eigenvalue weighted by Crippen LogP contribution is 2.19. The number of carbonyl (C=O) groups excluding carboxylic acids is 2. The van der Waals surface area contributed by atoms with Gasteiger partial charge in [-0.3, -0.25) is 14.8 Å². The highest BCUT2D eigenvalue weighted by atomic mass is 16.5. The van der Waals surface area contributed by atoms with Crippen LogP contribution in [-0.4, -0.2) is 56.0 Å². The number of hydrogen-bond acceptors (Lipinski definition) is 6. The quantitative estimate of drug-likeness (QED) is 0.0874. The smallest absolute Gasteiger partial charge is 0.245 e. The average molecular weight is 483 g/mol. The number of nitrogens with one attached hydrogen (secondary N) is 1. The molecule has 34 heavy (non-hydrogen) atoms. The van der Waals surface area contributed by atoms with E-state index in [1.54, 1.807) is 19.9 Å². The van der Waals surface area contributed by atoms with Gasteiger partial charge in [0.05, 0.1) is 38.7 Å². The van der Waals surface area contributed by atoms with Crippen molar-refractivity contribution in [3.63, 3.8) is 0 Å². The maximum absolute atomic E-state index is 12.1. The molecular formula is C26H46N2O6. The van der Waals surface area contributed by atoms with Crippen LogP contribution < -0.4 is 5.32 Å². The van der Waals surface area contributed by atoms with Crippen molar-refractivity contribution in [2.75, 3.05) is 33.9 Å². The zero-order valence-corrected chi connectivity index (χ0v) is 22.1. The second-order valence-electron chi connectivity index (χ2n) is 8.24. The van der Waals surface area contributed by atoms with Crippen molar-refractivity contribution in [3.8, 4) is 0 Å². The minimum absolute atomic E-state index is 0.0374. The lowest BCUT2D eigenvalue weighted by molar-refractivity contribution is -0.163. The van der Waals surface area contributed by atoms with E-state index in [9.17, 15) is 14.8 Å². The summed E-state index contributed by atoms with van der Waals surface area (Å²) in [6, 6.07) is 0. The Bertz CT molecular complexity index is 687. The predicted molar refractivity (Wildman–Crippen MR) is 134 cm³/mol. The predicted octanol–water partition coefficient (Wildman–Crippen LogP) is 5.10. The monoisotopic (exact) mass is 482 g/mol. The maximum Gasteiger partial charge on any atom is 0.245 e. The number of nitrogens with zero attached hydrogens (tertiary/aromatic N) is 1. The van der Waals surface area contributed by atoms with Gasteiger partial charge in [0.1, 0.15) is 11.5 Å². The van der Waals surface area contributed by atoms with E-state index in [1.807, 2.05) is 0 Å². The fourth-order valence-electron chi connectivity index (χ4n) is 3.36. The molecule has 8 nitrogen and oxygen atoms in total. The summed E-state index contributed by atoms with van der Waals surface area (Å²) in [5, 5.41) is 13.6. The minimum atomic E-state index is -0.432. The molecule has 0 saturated heterocycles. The first-order valence-electron chi connectivity index (χ1n) is 12.3. The molecule has 0 spiro atoms. The minimum Gasteiger partial charge on any atom is -0.498 e. The summed E-state index contributed by atoms with van der Waals surface area (Å²) in [6.07, 6.45) is 8.64. The molecule has 0 fully saturated rings. The molecule has 0 radical (unpaired) electrons. The van der Waals surface area contributed by atoms with Crippen LogP contribution in [0.3, 0.4) is 0 Å². The SMILES string of the molecule is C=C(OC)/C(CN(O)C(=O)CC)=C(\C=C(/C)OCCCC(=O)NCC[C@H](CC)CCCC)OC. The van der Waals surface area contributed by atoms with E-state index in [0.717, 1.165) is 19.4 Å². The van der Waals surface area contributed by atoms with Gasteiger partial charge in [-0.2, -0.15) is 0 Å². The molecule has 8 heteroatoms. The van der Waals surface area contributed by atoms with Crippen LogP contribution in [0.1, 0.15) is 79.1 Å². The standard InChI is InChI=1S/C26H46N2O6/c1-8-11-13-22(9-2)15-16-27-25(29)14-12-17-34-20(4)18-24(33-7)23(21(5)32-6)19-28(31)26(30)10-3/h18,22,31H,5,8-17,19H2,1-4,6-7H3,(H,27,29)/b20-18+,24-23+/t22-/m1/s1. The largest absolute Gasteiger partial charge is 0.498 e. The number of hydroxylamine groups is 2. The number of rotatable bonds is 19. The van der Waals surface area contributed by atoms with Crippen LogP contribution in [0.15, 0.2) is 35.5 Å². The highest BCUT2D eigenvalue weighted by Gasteiger charge is 2.18. The maximum atomic E-state index is 12.1. The first kappa shape index (κ1) is 31.5. The number of allylic oxidation sites excluding steroid dienone is 2.